The highest BCUT2D eigenvalue weighted by Gasteiger charge is 2.05. The second-order valence-electron chi connectivity index (χ2n) is 6.39. The second-order valence-corrected chi connectivity index (χ2v) is 6.39. The summed E-state index contributed by atoms with van der Waals surface area (Å²) in [6.07, 6.45) is 1.25. The van der Waals surface area contributed by atoms with Gasteiger partial charge >= 0.3 is 0 Å². The molecule has 1 N–H and O–H groups in total. The summed E-state index contributed by atoms with van der Waals surface area (Å²) in [5.41, 5.74) is 4.47. The fourth-order valence-electron chi connectivity index (χ4n) is 2.42. The van der Waals surface area contributed by atoms with Crippen LogP contribution in [0.15, 0.2) is 48.5 Å². The van der Waals surface area contributed by atoms with Gasteiger partial charge in [0.1, 0.15) is 0 Å². The van der Waals surface area contributed by atoms with Gasteiger partial charge in [0.2, 0.25) is 5.91 Å². The molecule has 2 rings (SSSR count). The zero-order valence-corrected chi connectivity index (χ0v) is 14.5. The van der Waals surface area contributed by atoms with Crippen LogP contribution in [0.3, 0.4) is 0 Å². The molecule has 0 saturated heterocycles. The number of anilines is 2. The molecule has 23 heavy (non-hydrogen) atoms. The smallest absolute Gasteiger partial charge is 0.224 e. The molecule has 0 atom stereocenters. The summed E-state index contributed by atoms with van der Waals surface area (Å²) in [5, 5.41) is 2.99. The molecule has 0 spiro atoms. The van der Waals surface area contributed by atoms with E-state index in [2.05, 4.69) is 60.5 Å². The van der Waals surface area contributed by atoms with Crippen molar-refractivity contribution in [1.29, 1.82) is 0 Å². The van der Waals surface area contributed by atoms with Gasteiger partial charge in [-0.1, -0.05) is 38.1 Å². The molecular weight excluding hydrogens is 284 g/mol. The van der Waals surface area contributed by atoms with Crippen LogP contribution in [0.4, 0.5) is 11.4 Å². The maximum atomic E-state index is 12.1. The van der Waals surface area contributed by atoms with Gasteiger partial charge in [-0.05, 0) is 47.7 Å². The minimum absolute atomic E-state index is 0.0580. The quantitative estimate of drug-likeness (QED) is 0.855. The van der Waals surface area contributed by atoms with Gasteiger partial charge in [-0.25, -0.2) is 0 Å². The van der Waals surface area contributed by atoms with E-state index in [9.17, 15) is 4.79 Å². The third-order valence-electron chi connectivity index (χ3n) is 3.93. The van der Waals surface area contributed by atoms with Gasteiger partial charge in [-0.2, -0.15) is 0 Å². The van der Waals surface area contributed by atoms with Crippen molar-refractivity contribution in [2.24, 2.45) is 0 Å². The molecule has 0 aliphatic rings. The van der Waals surface area contributed by atoms with Crippen LogP contribution in [0, 0.1) is 0 Å². The Balaban J connectivity index is 1.88. The SMILES string of the molecule is CC(C)c1cccc(NC(=O)CCc2ccc(N(C)C)cc2)c1. The van der Waals surface area contributed by atoms with E-state index in [4.69, 9.17) is 0 Å². The van der Waals surface area contributed by atoms with Crippen LogP contribution in [0.5, 0.6) is 0 Å². The van der Waals surface area contributed by atoms with Crippen LogP contribution in [-0.2, 0) is 11.2 Å². The number of hydrogen-bond donors (Lipinski definition) is 1. The molecule has 3 nitrogen and oxygen atoms in total. The van der Waals surface area contributed by atoms with Crippen LogP contribution in [0.2, 0.25) is 0 Å². The van der Waals surface area contributed by atoms with Gasteiger partial charge in [-0.15, -0.1) is 0 Å². The number of nitrogens with zero attached hydrogens (tertiary/aromatic N) is 1. The van der Waals surface area contributed by atoms with Crippen LogP contribution in [0.25, 0.3) is 0 Å². The summed E-state index contributed by atoms with van der Waals surface area (Å²) in [4.78, 5) is 14.2. The van der Waals surface area contributed by atoms with E-state index in [1.807, 2.05) is 26.2 Å². The number of rotatable bonds is 6. The molecule has 0 aliphatic heterocycles. The number of benzene rings is 2. The van der Waals surface area contributed by atoms with Crippen molar-refractivity contribution in [3.63, 3.8) is 0 Å². The van der Waals surface area contributed by atoms with E-state index in [0.29, 0.717) is 12.3 Å². The molecule has 0 fully saturated rings. The summed E-state index contributed by atoms with van der Waals surface area (Å²) in [7, 11) is 4.04. The van der Waals surface area contributed by atoms with E-state index in [0.717, 1.165) is 12.1 Å². The number of amides is 1. The first-order valence-electron chi connectivity index (χ1n) is 8.12. The highest BCUT2D eigenvalue weighted by atomic mass is 16.1. The highest BCUT2D eigenvalue weighted by Crippen LogP contribution is 2.19. The standard InChI is InChI=1S/C20H26N2O/c1-15(2)17-6-5-7-18(14-17)21-20(23)13-10-16-8-11-19(12-9-16)22(3)4/h5-9,11-12,14-15H,10,13H2,1-4H3,(H,21,23). The Kier molecular flexibility index (Phi) is 5.80. The monoisotopic (exact) mass is 310 g/mol. The Morgan fingerprint density at radius 3 is 2.39 bits per heavy atom. The zero-order valence-electron chi connectivity index (χ0n) is 14.5. The molecule has 1 amide bonds. The Bertz CT molecular complexity index is 645. The molecule has 0 bridgehead atoms. The molecule has 122 valence electrons. The lowest BCUT2D eigenvalue weighted by Crippen LogP contribution is -2.12. The number of aryl methyl sites for hydroxylation is 1. The molecule has 0 aromatic heterocycles. The lowest BCUT2D eigenvalue weighted by atomic mass is 10.0. The molecule has 2 aromatic carbocycles. The highest BCUT2D eigenvalue weighted by molar-refractivity contribution is 5.90. The third kappa shape index (κ3) is 5.13. The van der Waals surface area contributed by atoms with E-state index >= 15 is 0 Å². The van der Waals surface area contributed by atoms with Crippen LogP contribution < -0.4 is 10.2 Å². The molecular formula is C20H26N2O. The molecule has 3 heteroatoms. The number of carbonyl (C=O) groups excluding carboxylic acids is 1. The Labute approximate surface area is 139 Å². The van der Waals surface area contributed by atoms with Crippen molar-refractivity contribution >= 4 is 17.3 Å². The summed E-state index contributed by atoms with van der Waals surface area (Å²) >= 11 is 0. The van der Waals surface area contributed by atoms with Gasteiger partial charge < -0.3 is 10.2 Å². The maximum Gasteiger partial charge on any atom is 0.224 e. The number of nitrogens with one attached hydrogen (secondary N) is 1. The van der Waals surface area contributed by atoms with Gasteiger partial charge in [0.15, 0.2) is 0 Å². The topological polar surface area (TPSA) is 32.3 Å². The van der Waals surface area contributed by atoms with Crippen LogP contribution in [-0.4, -0.2) is 20.0 Å². The van der Waals surface area contributed by atoms with Crippen molar-refractivity contribution < 1.29 is 4.79 Å². The number of hydrogen-bond acceptors (Lipinski definition) is 2. The van der Waals surface area contributed by atoms with E-state index in [1.165, 1.54) is 16.8 Å². The molecule has 0 radical (unpaired) electrons. The van der Waals surface area contributed by atoms with Gasteiger partial charge in [0.25, 0.3) is 0 Å². The van der Waals surface area contributed by atoms with Crippen molar-refractivity contribution in [2.75, 3.05) is 24.3 Å². The van der Waals surface area contributed by atoms with E-state index in [-0.39, 0.29) is 5.91 Å². The molecule has 0 saturated carbocycles. The van der Waals surface area contributed by atoms with E-state index < -0.39 is 0 Å². The van der Waals surface area contributed by atoms with E-state index in [1.54, 1.807) is 0 Å². The van der Waals surface area contributed by atoms with Crippen molar-refractivity contribution in [3.8, 4) is 0 Å². The average Bonchev–Trinajstić information content (AvgIpc) is 2.53. The Hall–Kier alpha value is -2.29. The lowest BCUT2D eigenvalue weighted by molar-refractivity contribution is -0.116. The summed E-state index contributed by atoms with van der Waals surface area (Å²) < 4.78 is 0. The van der Waals surface area contributed by atoms with Crippen LogP contribution >= 0.6 is 0 Å². The third-order valence-corrected chi connectivity index (χ3v) is 3.93. The number of carbonyl (C=O) groups is 1. The molecule has 2 aromatic rings. The van der Waals surface area contributed by atoms with Crippen molar-refractivity contribution in [2.45, 2.75) is 32.6 Å². The Morgan fingerprint density at radius 2 is 1.78 bits per heavy atom. The van der Waals surface area contributed by atoms with Crippen molar-refractivity contribution in [1.82, 2.24) is 0 Å². The first-order valence-corrected chi connectivity index (χ1v) is 8.12. The summed E-state index contributed by atoms with van der Waals surface area (Å²) in [6, 6.07) is 16.4. The molecule has 0 aliphatic carbocycles. The fourth-order valence-corrected chi connectivity index (χ4v) is 2.42. The van der Waals surface area contributed by atoms with Gasteiger partial charge in [-0.3, -0.25) is 4.79 Å². The minimum atomic E-state index is 0.0580. The lowest BCUT2D eigenvalue weighted by Gasteiger charge is -2.12. The minimum Gasteiger partial charge on any atom is -0.378 e. The second kappa shape index (κ2) is 7.82. The summed E-state index contributed by atoms with van der Waals surface area (Å²) in [5.74, 6) is 0.518. The van der Waals surface area contributed by atoms with Gasteiger partial charge in [0, 0.05) is 31.9 Å². The normalized spacial score (nSPS) is 10.7. The zero-order chi connectivity index (χ0) is 16.8. The molecule has 0 heterocycles. The predicted octanol–water partition coefficient (Wildman–Crippen LogP) is 4.45. The van der Waals surface area contributed by atoms with Crippen LogP contribution in [0.1, 0.15) is 37.3 Å². The Morgan fingerprint density at radius 1 is 1.09 bits per heavy atom. The molecule has 0 unspecified atom stereocenters. The first kappa shape index (κ1) is 17.1. The average molecular weight is 310 g/mol. The predicted molar refractivity (Wildman–Crippen MR) is 98.3 cm³/mol. The van der Waals surface area contributed by atoms with Crippen molar-refractivity contribution in [3.05, 3.63) is 59.7 Å². The summed E-state index contributed by atoms with van der Waals surface area (Å²) in [6.45, 7) is 4.30. The maximum absolute atomic E-state index is 12.1. The largest absolute Gasteiger partial charge is 0.378 e. The first-order chi connectivity index (χ1) is 11.0. The fraction of sp³-hybridized carbons (Fsp3) is 0.350. The van der Waals surface area contributed by atoms with Gasteiger partial charge in [0.05, 0.1) is 0 Å².